The lowest BCUT2D eigenvalue weighted by molar-refractivity contribution is 0.353. The molecular weight excluding hydrogens is 286 g/mol. The monoisotopic (exact) mass is 301 g/mol. The van der Waals surface area contributed by atoms with Crippen LogP contribution in [0.3, 0.4) is 0 Å². The SMILES string of the molecule is CSCC[C@H](N)c1nc(-c2ccc3nccnc3c2)no1. The fourth-order valence-electron chi connectivity index (χ4n) is 1.97. The first-order valence-corrected chi connectivity index (χ1v) is 7.96. The maximum Gasteiger partial charge on any atom is 0.243 e. The molecule has 2 N–H and O–H groups in total. The Kier molecular flexibility index (Phi) is 4.12. The highest BCUT2D eigenvalue weighted by atomic mass is 32.2. The molecule has 1 aromatic carbocycles. The topological polar surface area (TPSA) is 90.7 Å². The van der Waals surface area contributed by atoms with Crippen LogP contribution >= 0.6 is 11.8 Å². The van der Waals surface area contributed by atoms with E-state index < -0.39 is 0 Å². The molecule has 6 nitrogen and oxygen atoms in total. The molecule has 0 saturated carbocycles. The van der Waals surface area contributed by atoms with E-state index in [9.17, 15) is 0 Å². The van der Waals surface area contributed by atoms with Crippen LogP contribution < -0.4 is 5.73 Å². The standard InChI is InChI=1S/C14H15N5OS/c1-21-7-4-10(15)14-18-13(19-20-14)9-2-3-11-12(8-9)17-6-5-16-11/h2-3,5-6,8,10H,4,7,15H2,1H3/t10-/m0/s1. The van der Waals surface area contributed by atoms with Gasteiger partial charge in [0.1, 0.15) is 0 Å². The van der Waals surface area contributed by atoms with Crippen LogP contribution in [0.25, 0.3) is 22.4 Å². The number of nitrogens with two attached hydrogens (primary N) is 1. The number of hydrogen-bond donors (Lipinski definition) is 1. The zero-order valence-electron chi connectivity index (χ0n) is 11.6. The summed E-state index contributed by atoms with van der Waals surface area (Å²) in [7, 11) is 0. The van der Waals surface area contributed by atoms with Gasteiger partial charge in [0.25, 0.3) is 0 Å². The predicted molar refractivity (Wildman–Crippen MR) is 82.8 cm³/mol. The lowest BCUT2D eigenvalue weighted by Crippen LogP contribution is -2.11. The number of rotatable bonds is 5. The molecule has 0 radical (unpaired) electrons. The van der Waals surface area contributed by atoms with E-state index in [1.807, 2.05) is 24.5 Å². The van der Waals surface area contributed by atoms with E-state index in [0.717, 1.165) is 28.8 Å². The Bertz CT molecular complexity index is 745. The predicted octanol–water partition coefficient (Wildman–Crippen LogP) is 2.43. The molecule has 0 aliphatic carbocycles. The van der Waals surface area contributed by atoms with Gasteiger partial charge < -0.3 is 10.3 Å². The summed E-state index contributed by atoms with van der Waals surface area (Å²) in [5.41, 5.74) is 8.51. The van der Waals surface area contributed by atoms with E-state index in [1.54, 1.807) is 24.2 Å². The van der Waals surface area contributed by atoms with E-state index in [0.29, 0.717) is 11.7 Å². The number of aromatic nitrogens is 4. The minimum Gasteiger partial charge on any atom is -0.337 e. The summed E-state index contributed by atoms with van der Waals surface area (Å²) in [6, 6.07) is 5.46. The second-order valence-corrected chi connectivity index (χ2v) is 5.59. The molecule has 0 aliphatic rings. The highest BCUT2D eigenvalue weighted by Crippen LogP contribution is 2.22. The van der Waals surface area contributed by atoms with Crippen molar-refractivity contribution in [3.05, 3.63) is 36.5 Å². The molecule has 0 bridgehead atoms. The van der Waals surface area contributed by atoms with Crippen LogP contribution in [-0.2, 0) is 0 Å². The largest absolute Gasteiger partial charge is 0.337 e. The van der Waals surface area contributed by atoms with Crippen molar-refractivity contribution in [3.8, 4) is 11.4 Å². The van der Waals surface area contributed by atoms with Crippen LogP contribution in [0, 0.1) is 0 Å². The summed E-state index contributed by atoms with van der Waals surface area (Å²) in [6.45, 7) is 0. The van der Waals surface area contributed by atoms with Crippen LogP contribution in [0.4, 0.5) is 0 Å². The van der Waals surface area contributed by atoms with E-state index >= 15 is 0 Å². The Hall–Kier alpha value is -1.99. The van der Waals surface area contributed by atoms with Gasteiger partial charge in [-0.2, -0.15) is 16.7 Å². The molecule has 3 aromatic rings. The van der Waals surface area contributed by atoms with E-state index in [4.69, 9.17) is 10.3 Å². The summed E-state index contributed by atoms with van der Waals surface area (Å²) in [4.78, 5) is 12.9. The summed E-state index contributed by atoms with van der Waals surface area (Å²) in [6.07, 6.45) is 6.18. The highest BCUT2D eigenvalue weighted by molar-refractivity contribution is 7.98. The number of benzene rings is 1. The summed E-state index contributed by atoms with van der Waals surface area (Å²) < 4.78 is 5.26. The Morgan fingerprint density at radius 2 is 2.05 bits per heavy atom. The smallest absolute Gasteiger partial charge is 0.243 e. The lowest BCUT2D eigenvalue weighted by atomic mass is 10.2. The van der Waals surface area contributed by atoms with Gasteiger partial charge in [-0.25, -0.2) is 0 Å². The highest BCUT2D eigenvalue weighted by Gasteiger charge is 2.15. The van der Waals surface area contributed by atoms with Gasteiger partial charge in [-0.05, 0) is 36.6 Å². The van der Waals surface area contributed by atoms with Crippen LogP contribution in [0.2, 0.25) is 0 Å². The third-order valence-corrected chi connectivity index (χ3v) is 3.76. The molecule has 0 fully saturated rings. The quantitative estimate of drug-likeness (QED) is 0.773. The van der Waals surface area contributed by atoms with Crippen molar-refractivity contribution < 1.29 is 4.52 Å². The Morgan fingerprint density at radius 3 is 2.86 bits per heavy atom. The fraction of sp³-hybridized carbons (Fsp3) is 0.286. The first kappa shape index (κ1) is 14.0. The van der Waals surface area contributed by atoms with Crippen molar-refractivity contribution in [2.45, 2.75) is 12.5 Å². The molecule has 2 heterocycles. The minimum atomic E-state index is -0.223. The third kappa shape index (κ3) is 3.03. The van der Waals surface area contributed by atoms with Gasteiger partial charge in [0.15, 0.2) is 0 Å². The molecule has 0 saturated heterocycles. The number of fused-ring (bicyclic) bond motifs is 1. The number of hydrogen-bond acceptors (Lipinski definition) is 7. The molecule has 1 atom stereocenters. The first-order valence-electron chi connectivity index (χ1n) is 6.57. The van der Waals surface area contributed by atoms with Gasteiger partial charge in [-0.1, -0.05) is 5.16 Å². The van der Waals surface area contributed by atoms with E-state index in [-0.39, 0.29) is 6.04 Å². The van der Waals surface area contributed by atoms with Crippen LogP contribution in [0.15, 0.2) is 35.1 Å². The molecule has 108 valence electrons. The zero-order chi connectivity index (χ0) is 14.7. The Labute approximate surface area is 126 Å². The molecule has 0 unspecified atom stereocenters. The van der Waals surface area contributed by atoms with Gasteiger partial charge in [0.05, 0.1) is 17.1 Å². The summed E-state index contributed by atoms with van der Waals surface area (Å²) in [5.74, 6) is 1.96. The van der Waals surface area contributed by atoms with E-state index in [2.05, 4.69) is 20.1 Å². The third-order valence-electron chi connectivity index (χ3n) is 3.12. The molecule has 3 rings (SSSR count). The minimum absolute atomic E-state index is 0.223. The normalized spacial score (nSPS) is 12.7. The average Bonchev–Trinajstić information content (AvgIpc) is 3.02. The molecule has 0 spiro atoms. The fourth-order valence-corrected chi connectivity index (χ4v) is 2.46. The maximum absolute atomic E-state index is 6.03. The second-order valence-electron chi connectivity index (χ2n) is 4.60. The Morgan fingerprint density at radius 1 is 1.24 bits per heavy atom. The van der Waals surface area contributed by atoms with Crippen molar-refractivity contribution in [1.82, 2.24) is 20.1 Å². The zero-order valence-corrected chi connectivity index (χ0v) is 12.4. The van der Waals surface area contributed by atoms with Crippen molar-refractivity contribution in [1.29, 1.82) is 0 Å². The lowest BCUT2D eigenvalue weighted by Gasteiger charge is -2.03. The summed E-state index contributed by atoms with van der Waals surface area (Å²) in [5, 5.41) is 4.00. The van der Waals surface area contributed by atoms with Crippen LogP contribution in [-0.4, -0.2) is 32.1 Å². The van der Waals surface area contributed by atoms with Crippen molar-refractivity contribution in [2.75, 3.05) is 12.0 Å². The van der Waals surface area contributed by atoms with Gasteiger partial charge in [0.2, 0.25) is 11.7 Å². The van der Waals surface area contributed by atoms with Crippen LogP contribution in [0.1, 0.15) is 18.4 Å². The molecule has 0 amide bonds. The molecule has 0 aliphatic heterocycles. The molecule has 21 heavy (non-hydrogen) atoms. The van der Waals surface area contributed by atoms with Gasteiger partial charge in [-0.3, -0.25) is 9.97 Å². The molecule has 2 aromatic heterocycles. The average molecular weight is 301 g/mol. The first-order chi connectivity index (χ1) is 10.3. The van der Waals surface area contributed by atoms with Crippen molar-refractivity contribution in [3.63, 3.8) is 0 Å². The van der Waals surface area contributed by atoms with Crippen molar-refractivity contribution in [2.24, 2.45) is 5.73 Å². The molecule has 7 heteroatoms. The van der Waals surface area contributed by atoms with E-state index in [1.165, 1.54) is 0 Å². The summed E-state index contributed by atoms with van der Waals surface area (Å²) >= 11 is 1.74. The van der Waals surface area contributed by atoms with Gasteiger partial charge in [-0.15, -0.1) is 0 Å². The van der Waals surface area contributed by atoms with Crippen molar-refractivity contribution >= 4 is 22.8 Å². The van der Waals surface area contributed by atoms with Gasteiger partial charge in [0, 0.05) is 18.0 Å². The molecular formula is C14H15N5OS. The maximum atomic E-state index is 6.03. The number of thioether (sulfide) groups is 1. The Balaban J connectivity index is 1.87. The van der Waals surface area contributed by atoms with Crippen LogP contribution in [0.5, 0.6) is 0 Å². The number of nitrogens with zero attached hydrogens (tertiary/aromatic N) is 4. The second kappa shape index (κ2) is 6.19. The van der Waals surface area contributed by atoms with Gasteiger partial charge >= 0.3 is 0 Å².